The van der Waals surface area contributed by atoms with Gasteiger partial charge in [0.25, 0.3) is 5.91 Å². The van der Waals surface area contributed by atoms with Crippen LogP contribution in [0.4, 0.5) is 0 Å². The Balaban J connectivity index is 2.83. The van der Waals surface area contributed by atoms with E-state index in [1.54, 1.807) is 12.1 Å². The molecule has 0 fully saturated rings. The molecule has 0 aliphatic heterocycles. The molecule has 1 aromatic carbocycles. The number of hydrogen-bond acceptors (Lipinski definition) is 1. The average Bonchev–Trinajstić information content (AvgIpc) is 2.19. The topological polar surface area (TPSA) is 29.4 Å². The van der Waals surface area contributed by atoms with Gasteiger partial charge >= 0.3 is 0 Å². The summed E-state index contributed by atoms with van der Waals surface area (Å²) in [6, 6.07) is 9.12. The molecule has 0 atom stereocenters. The summed E-state index contributed by atoms with van der Waals surface area (Å²) in [5.74, 6) is 0.166. The van der Waals surface area contributed by atoms with Crippen LogP contribution < -0.4 is 0 Å². The molecule has 0 aliphatic carbocycles. The SMILES string of the molecule is C/C(=N\C(=O)c1ccccc1)C(C)C. The molecule has 0 radical (unpaired) electrons. The Labute approximate surface area is 84.7 Å². The van der Waals surface area contributed by atoms with Gasteiger partial charge in [0.05, 0.1) is 0 Å². The van der Waals surface area contributed by atoms with E-state index in [0.29, 0.717) is 11.5 Å². The second kappa shape index (κ2) is 4.70. The molecule has 0 saturated carbocycles. The molecule has 0 N–H and O–H groups in total. The van der Waals surface area contributed by atoms with Gasteiger partial charge in [-0.15, -0.1) is 0 Å². The van der Waals surface area contributed by atoms with E-state index in [2.05, 4.69) is 4.99 Å². The van der Waals surface area contributed by atoms with Crippen LogP contribution in [-0.4, -0.2) is 11.6 Å². The predicted molar refractivity (Wildman–Crippen MR) is 58.7 cm³/mol. The van der Waals surface area contributed by atoms with Crippen LogP contribution in [0.5, 0.6) is 0 Å². The molecule has 0 spiro atoms. The predicted octanol–water partition coefficient (Wildman–Crippen LogP) is 2.94. The number of carbonyl (C=O) groups excluding carboxylic acids is 1. The van der Waals surface area contributed by atoms with Gasteiger partial charge in [-0.25, -0.2) is 4.99 Å². The maximum atomic E-state index is 11.6. The molecular weight excluding hydrogens is 174 g/mol. The third-order valence-electron chi connectivity index (χ3n) is 2.13. The van der Waals surface area contributed by atoms with E-state index in [1.807, 2.05) is 39.0 Å². The quantitative estimate of drug-likeness (QED) is 0.658. The maximum Gasteiger partial charge on any atom is 0.276 e. The van der Waals surface area contributed by atoms with E-state index in [0.717, 1.165) is 5.71 Å². The van der Waals surface area contributed by atoms with E-state index in [1.165, 1.54) is 0 Å². The fourth-order valence-corrected chi connectivity index (χ4v) is 0.935. The monoisotopic (exact) mass is 189 g/mol. The molecule has 0 saturated heterocycles. The average molecular weight is 189 g/mol. The largest absolute Gasteiger partial charge is 0.276 e. The minimum atomic E-state index is -0.156. The standard InChI is InChI=1S/C12H15NO/c1-9(2)10(3)13-12(14)11-7-5-4-6-8-11/h4-9H,1-3H3/b13-10+. The molecule has 0 aromatic heterocycles. The molecule has 74 valence electrons. The smallest absolute Gasteiger partial charge is 0.267 e. The minimum absolute atomic E-state index is 0.156. The number of amides is 1. The molecule has 0 unspecified atom stereocenters. The summed E-state index contributed by atoms with van der Waals surface area (Å²) < 4.78 is 0. The molecule has 2 heteroatoms. The molecule has 0 aliphatic rings. The second-order valence-corrected chi connectivity index (χ2v) is 3.58. The first-order chi connectivity index (χ1) is 6.61. The first kappa shape index (κ1) is 10.6. The molecule has 1 rings (SSSR count). The van der Waals surface area contributed by atoms with Crippen molar-refractivity contribution in [3.05, 3.63) is 35.9 Å². The van der Waals surface area contributed by atoms with Crippen molar-refractivity contribution in [3.63, 3.8) is 0 Å². The van der Waals surface area contributed by atoms with Gasteiger partial charge < -0.3 is 0 Å². The van der Waals surface area contributed by atoms with E-state index < -0.39 is 0 Å². The maximum absolute atomic E-state index is 11.6. The highest BCUT2D eigenvalue weighted by atomic mass is 16.1. The fourth-order valence-electron chi connectivity index (χ4n) is 0.935. The number of aliphatic imine (C=N–C) groups is 1. The lowest BCUT2D eigenvalue weighted by atomic mass is 10.1. The number of carbonyl (C=O) groups is 1. The molecule has 1 aromatic rings. The Hall–Kier alpha value is -1.44. The molecule has 0 heterocycles. The van der Waals surface area contributed by atoms with Crippen LogP contribution in [0.3, 0.4) is 0 Å². The highest BCUT2D eigenvalue weighted by molar-refractivity contribution is 6.03. The van der Waals surface area contributed by atoms with Gasteiger partial charge in [-0.1, -0.05) is 32.0 Å². The lowest BCUT2D eigenvalue weighted by molar-refractivity contribution is 0.100. The van der Waals surface area contributed by atoms with Gasteiger partial charge in [0.1, 0.15) is 0 Å². The summed E-state index contributed by atoms with van der Waals surface area (Å²) in [7, 11) is 0. The van der Waals surface area contributed by atoms with Gasteiger partial charge in [-0.3, -0.25) is 4.79 Å². The van der Waals surface area contributed by atoms with E-state index in [-0.39, 0.29) is 5.91 Å². The van der Waals surface area contributed by atoms with Crippen molar-refractivity contribution in [3.8, 4) is 0 Å². The van der Waals surface area contributed by atoms with E-state index in [9.17, 15) is 4.79 Å². The van der Waals surface area contributed by atoms with Crippen molar-refractivity contribution in [2.75, 3.05) is 0 Å². The molecule has 1 amide bonds. The van der Waals surface area contributed by atoms with Crippen LogP contribution in [0.25, 0.3) is 0 Å². The Morgan fingerprint density at radius 1 is 1.21 bits per heavy atom. The van der Waals surface area contributed by atoms with Crippen molar-refractivity contribution in [2.24, 2.45) is 10.9 Å². The van der Waals surface area contributed by atoms with Crippen LogP contribution in [0.1, 0.15) is 31.1 Å². The summed E-state index contributed by atoms with van der Waals surface area (Å²) in [4.78, 5) is 15.6. The summed E-state index contributed by atoms with van der Waals surface area (Å²) in [6.45, 7) is 5.93. The highest BCUT2D eigenvalue weighted by Crippen LogP contribution is 2.03. The molecular formula is C12H15NO. The summed E-state index contributed by atoms with van der Waals surface area (Å²) >= 11 is 0. The fraction of sp³-hybridized carbons (Fsp3) is 0.333. The third kappa shape index (κ3) is 2.80. The van der Waals surface area contributed by atoms with Crippen molar-refractivity contribution in [2.45, 2.75) is 20.8 Å². The molecule has 2 nitrogen and oxygen atoms in total. The zero-order chi connectivity index (χ0) is 10.6. The summed E-state index contributed by atoms with van der Waals surface area (Å²) in [5, 5.41) is 0. The van der Waals surface area contributed by atoms with Gasteiger partial charge in [0, 0.05) is 11.3 Å². The van der Waals surface area contributed by atoms with Gasteiger partial charge in [-0.2, -0.15) is 0 Å². The summed E-state index contributed by atoms with van der Waals surface area (Å²) in [6.07, 6.45) is 0. The summed E-state index contributed by atoms with van der Waals surface area (Å²) in [5.41, 5.74) is 1.52. The van der Waals surface area contributed by atoms with Crippen LogP contribution in [0, 0.1) is 5.92 Å². The van der Waals surface area contributed by atoms with Gasteiger partial charge in [0.15, 0.2) is 0 Å². The van der Waals surface area contributed by atoms with Gasteiger partial charge in [0.2, 0.25) is 0 Å². The zero-order valence-electron chi connectivity index (χ0n) is 8.82. The van der Waals surface area contributed by atoms with E-state index >= 15 is 0 Å². The molecule has 14 heavy (non-hydrogen) atoms. The normalized spacial score (nSPS) is 11.9. The lowest BCUT2D eigenvalue weighted by Crippen LogP contribution is -2.06. The van der Waals surface area contributed by atoms with Crippen molar-refractivity contribution < 1.29 is 4.79 Å². The zero-order valence-corrected chi connectivity index (χ0v) is 8.82. The van der Waals surface area contributed by atoms with Crippen molar-refractivity contribution in [1.29, 1.82) is 0 Å². The lowest BCUT2D eigenvalue weighted by Gasteiger charge is -2.02. The number of nitrogens with zero attached hydrogens (tertiary/aromatic N) is 1. The Kier molecular flexibility index (Phi) is 3.57. The van der Waals surface area contributed by atoms with Crippen molar-refractivity contribution >= 4 is 11.6 Å². The minimum Gasteiger partial charge on any atom is -0.267 e. The third-order valence-corrected chi connectivity index (χ3v) is 2.13. The Bertz CT molecular complexity index is 339. The first-order valence-electron chi connectivity index (χ1n) is 4.76. The van der Waals surface area contributed by atoms with Crippen LogP contribution in [-0.2, 0) is 0 Å². The van der Waals surface area contributed by atoms with Crippen LogP contribution >= 0.6 is 0 Å². The Morgan fingerprint density at radius 3 is 2.29 bits per heavy atom. The Morgan fingerprint density at radius 2 is 1.79 bits per heavy atom. The second-order valence-electron chi connectivity index (χ2n) is 3.58. The number of benzene rings is 1. The molecule has 0 bridgehead atoms. The van der Waals surface area contributed by atoms with Crippen LogP contribution in [0.15, 0.2) is 35.3 Å². The van der Waals surface area contributed by atoms with Gasteiger partial charge in [-0.05, 0) is 25.0 Å². The number of rotatable bonds is 2. The van der Waals surface area contributed by atoms with E-state index in [4.69, 9.17) is 0 Å². The highest BCUT2D eigenvalue weighted by Gasteiger charge is 2.04. The number of hydrogen-bond donors (Lipinski definition) is 0. The van der Waals surface area contributed by atoms with Crippen LogP contribution in [0.2, 0.25) is 0 Å². The first-order valence-corrected chi connectivity index (χ1v) is 4.76. The van der Waals surface area contributed by atoms with Crippen molar-refractivity contribution in [1.82, 2.24) is 0 Å².